The monoisotopic (exact) mass is 325 g/mol. The molecule has 1 heterocycles. The normalized spacial score (nSPS) is 10.6. The van der Waals surface area contributed by atoms with Crippen molar-refractivity contribution in [2.24, 2.45) is 0 Å². The number of hydrogen-bond acceptors (Lipinski definition) is 3. The molecule has 0 radical (unpaired) electrons. The topological polar surface area (TPSA) is 50.2 Å². The van der Waals surface area contributed by atoms with Gasteiger partial charge in [-0.3, -0.25) is 4.79 Å². The zero-order valence-electron chi connectivity index (χ0n) is 9.81. The second kappa shape index (κ2) is 5.63. The van der Waals surface area contributed by atoms with E-state index < -0.39 is 5.97 Å². The minimum Gasteiger partial charge on any atom is -0.481 e. The molecule has 0 saturated carbocycles. The van der Waals surface area contributed by atoms with Gasteiger partial charge in [-0.05, 0) is 34.8 Å². The summed E-state index contributed by atoms with van der Waals surface area (Å²) in [5.74, 6) is -0.784. The van der Waals surface area contributed by atoms with Gasteiger partial charge in [0, 0.05) is 10.4 Å². The molecule has 0 aliphatic heterocycles. The Labute approximate surface area is 118 Å². The first-order chi connectivity index (χ1) is 8.58. The van der Waals surface area contributed by atoms with E-state index in [9.17, 15) is 4.79 Å². The average Bonchev–Trinajstić information content (AvgIpc) is 2.68. The summed E-state index contributed by atoms with van der Waals surface area (Å²) in [6.07, 6.45) is 0.646. The van der Waals surface area contributed by atoms with Crippen molar-refractivity contribution < 1.29 is 9.90 Å². The first-order valence-corrected chi connectivity index (χ1v) is 7.12. The molecule has 0 atom stereocenters. The van der Waals surface area contributed by atoms with E-state index in [2.05, 4.69) is 20.9 Å². The fraction of sp³-hybridized carbons (Fsp3) is 0.231. The Hall–Kier alpha value is -1.20. The Kier molecular flexibility index (Phi) is 4.14. The Morgan fingerprint density at radius 3 is 2.83 bits per heavy atom. The molecule has 2 rings (SSSR count). The van der Waals surface area contributed by atoms with Gasteiger partial charge in [-0.2, -0.15) is 0 Å². The van der Waals surface area contributed by atoms with Crippen LogP contribution in [0.2, 0.25) is 0 Å². The number of nitrogens with zero attached hydrogens (tertiary/aromatic N) is 1. The molecule has 2 aromatic rings. The number of halogens is 1. The summed E-state index contributed by atoms with van der Waals surface area (Å²) < 4.78 is 0.756. The van der Waals surface area contributed by atoms with Crippen LogP contribution in [-0.4, -0.2) is 16.1 Å². The smallest absolute Gasteiger partial charge is 0.303 e. The molecule has 0 aliphatic carbocycles. The van der Waals surface area contributed by atoms with Crippen LogP contribution in [0.5, 0.6) is 0 Å². The summed E-state index contributed by atoms with van der Waals surface area (Å²) in [6.45, 7) is 2.04. The molecule has 0 fully saturated rings. The third-order valence-electron chi connectivity index (χ3n) is 2.59. The number of rotatable bonds is 4. The Morgan fingerprint density at radius 1 is 1.44 bits per heavy atom. The van der Waals surface area contributed by atoms with Crippen LogP contribution in [-0.2, 0) is 11.2 Å². The minimum atomic E-state index is -0.784. The van der Waals surface area contributed by atoms with E-state index in [1.807, 2.05) is 31.2 Å². The SMILES string of the molecule is Cc1ccccc1-c1nc(Br)c(CCC(=O)O)s1. The van der Waals surface area contributed by atoms with Gasteiger partial charge in [-0.25, -0.2) is 4.98 Å². The van der Waals surface area contributed by atoms with Gasteiger partial charge in [-0.1, -0.05) is 24.3 Å². The van der Waals surface area contributed by atoms with Crippen LogP contribution in [0.4, 0.5) is 0 Å². The highest BCUT2D eigenvalue weighted by Crippen LogP contribution is 2.33. The summed E-state index contributed by atoms with van der Waals surface area (Å²) in [5, 5.41) is 9.63. The van der Waals surface area contributed by atoms with Crippen molar-refractivity contribution in [2.45, 2.75) is 19.8 Å². The molecule has 0 amide bonds. The number of aryl methyl sites for hydroxylation is 2. The summed E-state index contributed by atoms with van der Waals surface area (Å²) in [6, 6.07) is 8.05. The maximum Gasteiger partial charge on any atom is 0.303 e. The Morgan fingerprint density at radius 2 is 2.17 bits per heavy atom. The highest BCUT2D eigenvalue weighted by atomic mass is 79.9. The van der Waals surface area contributed by atoms with Crippen LogP contribution in [0.15, 0.2) is 28.9 Å². The highest BCUT2D eigenvalue weighted by Gasteiger charge is 2.12. The van der Waals surface area contributed by atoms with Crippen molar-refractivity contribution in [2.75, 3.05) is 0 Å². The predicted octanol–water partition coefficient (Wildman–Crippen LogP) is 3.90. The van der Waals surface area contributed by atoms with Crippen molar-refractivity contribution >= 4 is 33.2 Å². The van der Waals surface area contributed by atoms with E-state index in [-0.39, 0.29) is 6.42 Å². The summed E-state index contributed by atoms with van der Waals surface area (Å²) in [7, 11) is 0. The number of aromatic nitrogens is 1. The Balaban J connectivity index is 2.29. The van der Waals surface area contributed by atoms with Crippen LogP contribution in [0, 0.1) is 6.92 Å². The summed E-state index contributed by atoms with van der Waals surface area (Å²) in [5.41, 5.74) is 2.27. The molecule has 0 unspecified atom stereocenters. The van der Waals surface area contributed by atoms with E-state index in [0.717, 1.165) is 20.1 Å². The van der Waals surface area contributed by atoms with Crippen LogP contribution >= 0.6 is 27.3 Å². The lowest BCUT2D eigenvalue weighted by Crippen LogP contribution is -1.96. The molecule has 0 saturated heterocycles. The van der Waals surface area contributed by atoms with Crippen LogP contribution in [0.3, 0.4) is 0 Å². The van der Waals surface area contributed by atoms with Crippen molar-refractivity contribution in [1.29, 1.82) is 0 Å². The molecule has 0 bridgehead atoms. The lowest BCUT2D eigenvalue weighted by atomic mass is 10.1. The maximum absolute atomic E-state index is 10.6. The van der Waals surface area contributed by atoms with Gasteiger partial charge in [-0.15, -0.1) is 11.3 Å². The minimum absolute atomic E-state index is 0.133. The van der Waals surface area contributed by atoms with Crippen LogP contribution in [0.25, 0.3) is 10.6 Å². The zero-order valence-corrected chi connectivity index (χ0v) is 12.2. The van der Waals surface area contributed by atoms with Gasteiger partial charge in [0.25, 0.3) is 0 Å². The quantitative estimate of drug-likeness (QED) is 0.927. The number of carboxylic acid groups (broad SMARTS) is 1. The fourth-order valence-electron chi connectivity index (χ4n) is 1.64. The van der Waals surface area contributed by atoms with Gasteiger partial charge in [0.05, 0.1) is 6.42 Å². The van der Waals surface area contributed by atoms with Crippen molar-refractivity contribution in [3.8, 4) is 10.6 Å². The average molecular weight is 326 g/mol. The van der Waals surface area contributed by atoms with E-state index in [4.69, 9.17) is 5.11 Å². The van der Waals surface area contributed by atoms with Crippen molar-refractivity contribution in [3.05, 3.63) is 39.3 Å². The lowest BCUT2D eigenvalue weighted by molar-refractivity contribution is -0.136. The second-order valence-corrected chi connectivity index (χ2v) is 5.78. The van der Waals surface area contributed by atoms with E-state index in [0.29, 0.717) is 6.42 Å². The molecular weight excluding hydrogens is 314 g/mol. The highest BCUT2D eigenvalue weighted by molar-refractivity contribution is 9.10. The van der Waals surface area contributed by atoms with E-state index in [1.54, 1.807) is 11.3 Å². The zero-order chi connectivity index (χ0) is 13.1. The van der Waals surface area contributed by atoms with Gasteiger partial charge in [0.2, 0.25) is 0 Å². The summed E-state index contributed by atoms with van der Waals surface area (Å²) >= 11 is 4.94. The largest absolute Gasteiger partial charge is 0.481 e. The predicted molar refractivity (Wildman–Crippen MR) is 75.9 cm³/mol. The second-order valence-electron chi connectivity index (χ2n) is 3.94. The molecule has 18 heavy (non-hydrogen) atoms. The molecule has 1 aromatic heterocycles. The third-order valence-corrected chi connectivity index (χ3v) is 4.66. The van der Waals surface area contributed by atoms with Crippen molar-refractivity contribution in [3.63, 3.8) is 0 Å². The van der Waals surface area contributed by atoms with Crippen LogP contribution < -0.4 is 0 Å². The number of benzene rings is 1. The molecule has 3 nitrogen and oxygen atoms in total. The first kappa shape index (κ1) is 13.2. The molecule has 94 valence electrons. The molecule has 5 heteroatoms. The number of hydrogen-bond donors (Lipinski definition) is 1. The van der Waals surface area contributed by atoms with Gasteiger partial charge < -0.3 is 5.11 Å². The number of thiazole rings is 1. The van der Waals surface area contributed by atoms with Crippen molar-refractivity contribution in [1.82, 2.24) is 4.98 Å². The fourth-order valence-corrected chi connectivity index (χ4v) is 3.41. The first-order valence-electron chi connectivity index (χ1n) is 5.51. The molecule has 0 aliphatic rings. The summed E-state index contributed by atoms with van der Waals surface area (Å²) in [4.78, 5) is 16.0. The number of aliphatic carboxylic acids is 1. The third kappa shape index (κ3) is 2.97. The molecule has 1 aromatic carbocycles. The van der Waals surface area contributed by atoms with Gasteiger partial charge >= 0.3 is 5.97 Å². The van der Waals surface area contributed by atoms with Crippen LogP contribution in [0.1, 0.15) is 16.9 Å². The number of carboxylic acids is 1. The lowest BCUT2D eigenvalue weighted by Gasteiger charge is -1.99. The van der Waals surface area contributed by atoms with Gasteiger partial charge in [0.1, 0.15) is 9.61 Å². The molecule has 1 N–H and O–H groups in total. The maximum atomic E-state index is 10.6. The Bertz CT molecular complexity index is 580. The standard InChI is InChI=1S/C13H12BrNO2S/c1-8-4-2-3-5-9(8)13-15-12(14)10(18-13)6-7-11(16)17/h2-5H,6-7H2,1H3,(H,16,17). The van der Waals surface area contributed by atoms with Gasteiger partial charge in [0.15, 0.2) is 0 Å². The number of carbonyl (C=O) groups is 1. The molecule has 0 spiro atoms. The van der Waals surface area contributed by atoms with E-state index in [1.165, 1.54) is 5.56 Å². The molecular formula is C13H12BrNO2S. The van der Waals surface area contributed by atoms with E-state index >= 15 is 0 Å².